The van der Waals surface area contributed by atoms with E-state index in [1.165, 1.54) is 141 Å². The molecule has 0 spiro atoms. The Bertz CT molecular complexity index is 1110. The molecule has 1 N–H and O–H groups in total. The molecule has 2 unspecified atom stereocenters. The van der Waals surface area contributed by atoms with Gasteiger partial charge in [0.05, 0.1) is 13.2 Å². The molecule has 0 aromatic heterocycles. The minimum Gasteiger partial charge on any atom is -0.462 e. The Balaban J connectivity index is 4.19. The number of esters is 2. The maximum Gasteiger partial charge on any atom is 0.472 e. The maximum atomic E-state index is 12.7. The highest BCUT2D eigenvalue weighted by Gasteiger charge is 2.26. The van der Waals surface area contributed by atoms with Crippen molar-refractivity contribution in [1.29, 1.82) is 0 Å². The highest BCUT2D eigenvalue weighted by atomic mass is 31.2. The molecular weight excluding hydrogens is 786 g/mol. The molecule has 0 aliphatic heterocycles. The molecular formula is C51H96NO8P. The molecule has 0 fully saturated rings. The predicted octanol–water partition coefficient (Wildman–Crippen LogP) is 15.1. The number of hydrogen-bond acceptors (Lipinski definition) is 8. The zero-order valence-electron chi connectivity index (χ0n) is 40.1. The third-order valence-corrected chi connectivity index (χ3v) is 11.9. The topological polar surface area (TPSA) is 112 Å². The number of carbonyl (C=O) groups is 2. The Morgan fingerprint density at radius 3 is 1.34 bits per heavy atom. The first-order chi connectivity index (χ1) is 29.7. The molecule has 0 saturated heterocycles. The lowest BCUT2D eigenvalue weighted by molar-refractivity contribution is -0.161. The van der Waals surface area contributed by atoms with Gasteiger partial charge in [0, 0.05) is 19.4 Å². The second-order valence-electron chi connectivity index (χ2n) is 17.4. The van der Waals surface area contributed by atoms with Crippen LogP contribution in [-0.4, -0.2) is 68.3 Å². The van der Waals surface area contributed by atoms with Crippen LogP contribution in [0.5, 0.6) is 0 Å². The minimum atomic E-state index is -4.37. The summed E-state index contributed by atoms with van der Waals surface area (Å²) in [4.78, 5) is 37.2. The number of phosphoric acid groups is 1. The van der Waals surface area contributed by atoms with Crippen LogP contribution in [0.4, 0.5) is 0 Å². The Morgan fingerprint density at radius 2 is 0.885 bits per heavy atom. The number of likely N-dealkylation sites (N-methyl/N-ethyl adjacent to an activating group) is 1. The largest absolute Gasteiger partial charge is 0.472 e. The predicted molar refractivity (Wildman–Crippen MR) is 257 cm³/mol. The normalized spacial score (nSPS) is 13.5. The van der Waals surface area contributed by atoms with Gasteiger partial charge in [0.25, 0.3) is 0 Å². The van der Waals surface area contributed by atoms with Crippen molar-refractivity contribution in [1.82, 2.24) is 4.90 Å². The molecule has 61 heavy (non-hydrogen) atoms. The van der Waals surface area contributed by atoms with E-state index in [0.717, 1.165) is 57.8 Å². The van der Waals surface area contributed by atoms with Gasteiger partial charge in [-0.1, -0.05) is 204 Å². The van der Waals surface area contributed by atoms with E-state index in [0.29, 0.717) is 13.0 Å². The fourth-order valence-electron chi connectivity index (χ4n) is 7.05. The zero-order valence-corrected chi connectivity index (χ0v) is 41.0. The van der Waals surface area contributed by atoms with Gasteiger partial charge in [0.2, 0.25) is 0 Å². The molecule has 0 aliphatic carbocycles. The molecule has 358 valence electrons. The average Bonchev–Trinajstić information content (AvgIpc) is 3.23. The second kappa shape index (κ2) is 46.2. The van der Waals surface area contributed by atoms with Gasteiger partial charge in [0.1, 0.15) is 6.61 Å². The van der Waals surface area contributed by atoms with Gasteiger partial charge < -0.3 is 19.3 Å². The number of ether oxygens (including phenoxy) is 2. The molecule has 0 aliphatic rings. The lowest BCUT2D eigenvalue weighted by atomic mass is 10.0. The third kappa shape index (κ3) is 47.5. The molecule has 0 heterocycles. The van der Waals surface area contributed by atoms with E-state index < -0.39 is 26.5 Å². The summed E-state index contributed by atoms with van der Waals surface area (Å²) in [6, 6.07) is 0. The van der Waals surface area contributed by atoms with Gasteiger partial charge >= 0.3 is 19.8 Å². The van der Waals surface area contributed by atoms with Crippen LogP contribution in [0, 0.1) is 0 Å². The highest BCUT2D eigenvalue weighted by molar-refractivity contribution is 7.47. The summed E-state index contributed by atoms with van der Waals surface area (Å²) in [7, 11) is -0.720. The molecule has 0 saturated carbocycles. The number of unbranched alkanes of at least 4 members (excludes halogenated alkanes) is 27. The van der Waals surface area contributed by atoms with Gasteiger partial charge in [-0.2, -0.15) is 0 Å². The van der Waals surface area contributed by atoms with Crippen LogP contribution in [0.25, 0.3) is 0 Å². The van der Waals surface area contributed by atoms with Crippen molar-refractivity contribution in [3.63, 3.8) is 0 Å². The van der Waals surface area contributed by atoms with Crippen molar-refractivity contribution >= 4 is 19.8 Å². The van der Waals surface area contributed by atoms with Gasteiger partial charge in [-0.3, -0.25) is 18.6 Å². The van der Waals surface area contributed by atoms with Crippen molar-refractivity contribution in [2.45, 2.75) is 238 Å². The van der Waals surface area contributed by atoms with E-state index in [2.05, 4.69) is 50.3 Å². The summed E-state index contributed by atoms with van der Waals surface area (Å²) in [5.41, 5.74) is 0. The van der Waals surface area contributed by atoms with Crippen molar-refractivity contribution in [2.75, 3.05) is 40.5 Å². The smallest absolute Gasteiger partial charge is 0.462 e. The van der Waals surface area contributed by atoms with E-state index in [1.54, 1.807) is 0 Å². The van der Waals surface area contributed by atoms with Gasteiger partial charge in [-0.15, -0.1) is 0 Å². The van der Waals surface area contributed by atoms with Crippen LogP contribution in [0.15, 0.2) is 36.5 Å². The van der Waals surface area contributed by atoms with Crippen LogP contribution >= 0.6 is 7.82 Å². The number of hydrogen-bond donors (Lipinski definition) is 1. The molecule has 0 rings (SSSR count). The minimum absolute atomic E-state index is 0.00366. The highest BCUT2D eigenvalue weighted by Crippen LogP contribution is 2.43. The molecule has 0 amide bonds. The number of allylic oxidation sites excluding steroid dienone is 6. The maximum absolute atomic E-state index is 12.7. The molecule has 0 radical (unpaired) electrons. The number of rotatable bonds is 47. The third-order valence-electron chi connectivity index (χ3n) is 10.9. The molecule has 2 atom stereocenters. The van der Waals surface area contributed by atoms with E-state index in [4.69, 9.17) is 18.5 Å². The van der Waals surface area contributed by atoms with E-state index in [-0.39, 0.29) is 32.0 Å². The van der Waals surface area contributed by atoms with E-state index in [1.807, 2.05) is 19.0 Å². The van der Waals surface area contributed by atoms with E-state index >= 15 is 0 Å². The lowest BCUT2D eigenvalue weighted by Gasteiger charge is -2.20. The first-order valence-electron chi connectivity index (χ1n) is 25.3. The van der Waals surface area contributed by atoms with Crippen LogP contribution < -0.4 is 0 Å². The standard InChI is InChI=1S/C51H96NO8P/c1-5-7-9-11-13-15-17-19-21-23-24-25-26-28-29-31-33-35-37-39-41-43-50(53)57-47-49(48-59-61(55,56)58-46-45-52(3)4)60-51(54)44-42-40-38-36-34-32-30-27-22-20-18-16-14-12-10-8-6-2/h14,16,20,22,30,32,49H,5-13,15,17-19,21,23-29,31,33-48H2,1-4H3,(H,55,56)/b16-14-,22-20-,32-30-. The Labute approximate surface area is 376 Å². The molecule has 10 heteroatoms. The Kier molecular flexibility index (Phi) is 44.9. The van der Waals surface area contributed by atoms with Gasteiger partial charge in [-0.05, 0) is 65.5 Å². The summed E-state index contributed by atoms with van der Waals surface area (Å²) in [5.74, 6) is -0.818. The average molecular weight is 882 g/mol. The summed E-state index contributed by atoms with van der Waals surface area (Å²) < 4.78 is 33.6. The van der Waals surface area contributed by atoms with Crippen molar-refractivity contribution in [3.05, 3.63) is 36.5 Å². The molecule has 0 aromatic carbocycles. The second-order valence-corrected chi connectivity index (χ2v) is 18.8. The molecule has 0 bridgehead atoms. The first kappa shape index (κ1) is 59.2. The molecule has 0 aromatic rings. The summed E-state index contributed by atoms with van der Waals surface area (Å²) in [5, 5.41) is 0. The molecule has 9 nitrogen and oxygen atoms in total. The van der Waals surface area contributed by atoms with Crippen molar-refractivity contribution in [3.8, 4) is 0 Å². The van der Waals surface area contributed by atoms with Crippen molar-refractivity contribution < 1.29 is 37.6 Å². The van der Waals surface area contributed by atoms with Crippen LogP contribution in [0.2, 0.25) is 0 Å². The van der Waals surface area contributed by atoms with Crippen LogP contribution in [-0.2, 0) is 32.7 Å². The fourth-order valence-corrected chi connectivity index (χ4v) is 7.79. The summed E-state index contributed by atoms with van der Waals surface area (Å²) >= 11 is 0. The van der Waals surface area contributed by atoms with E-state index in [9.17, 15) is 19.0 Å². The monoisotopic (exact) mass is 882 g/mol. The number of nitrogens with zero attached hydrogens (tertiary/aromatic N) is 1. The zero-order chi connectivity index (χ0) is 44.8. The van der Waals surface area contributed by atoms with Crippen LogP contribution in [0.3, 0.4) is 0 Å². The number of phosphoric ester groups is 1. The summed E-state index contributed by atoms with van der Waals surface area (Å²) in [6.45, 7) is 4.30. The fraction of sp³-hybridized carbons (Fsp3) is 0.843. The quantitative estimate of drug-likeness (QED) is 0.0276. The van der Waals surface area contributed by atoms with Crippen LogP contribution in [0.1, 0.15) is 232 Å². The number of carbonyl (C=O) groups excluding carboxylic acids is 2. The summed E-state index contributed by atoms with van der Waals surface area (Å²) in [6.07, 6.45) is 52.0. The van der Waals surface area contributed by atoms with Gasteiger partial charge in [0.15, 0.2) is 6.10 Å². The Hall–Kier alpha value is -1.77. The first-order valence-corrected chi connectivity index (χ1v) is 26.8. The van der Waals surface area contributed by atoms with Gasteiger partial charge in [-0.25, -0.2) is 4.57 Å². The van der Waals surface area contributed by atoms with Crippen molar-refractivity contribution in [2.24, 2.45) is 0 Å². The Morgan fingerprint density at radius 1 is 0.508 bits per heavy atom. The SMILES string of the molecule is CCCCC/C=C\C/C=C\C/C=C\CCCCCCC(=O)OC(COC(=O)CCCCCCCCCCCCCCCCCCCCCCC)COP(=O)(O)OCCN(C)C. The lowest BCUT2D eigenvalue weighted by Crippen LogP contribution is -2.29.